The largest absolute Gasteiger partial charge is 0.348 e. The van der Waals surface area contributed by atoms with E-state index in [-0.39, 0.29) is 5.57 Å². The number of nitrogens with zero attached hydrogens (tertiary/aromatic N) is 1. The molecule has 55 valence electrons. The molecule has 1 heterocycles. The molecule has 1 aliphatic rings. The van der Waals surface area contributed by atoms with Gasteiger partial charge in [0.1, 0.15) is 5.57 Å². The Bertz CT molecular complexity index is 293. The van der Waals surface area contributed by atoms with Crippen LogP contribution in [0, 0.1) is 11.8 Å². The minimum atomic E-state index is -0.642. The topological polar surface area (TPSA) is 60.3 Å². The maximum Gasteiger partial charge on any atom is 0.348 e. The SMILES string of the molecule is CC#CC1=CNC(=O)[N]C1=O. The molecule has 1 radical (unpaired) electrons. The van der Waals surface area contributed by atoms with Gasteiger partial charge >= 0.3 is 6.03 Å². The van der Waals surface area contributed by atoms with Crippen molar-refractivity contribution in [3.63, 3.8) is 0 Å². The lowest BCUT2D eigenvalue weighted by molar-refractivity contribution is -0.116. The van der Waals surface area contributed by atoms with Crippen LogP contribution in [0.2, 0.25) is 0 Å². The van der Waals surface area contributed by atoms with Gasteiger partial charge in [-0.15, -0.1) is 5.92 Å². The maximum atomic E-state index is 10.8. The van der Waals surface area contributed by atoms with Gasteiger partial charge in [0.15, 0.2) is 0 Å². The zero-order chi connectivity index (χ0) is 8.27. The summed E-state index contributed by atoms with van der Waals surface area (Å²) in [4.78, 5) is 21.2. The van der Waals surface area contributed by atoms with Crippen LogP contribution in [0.1, 0.15) is 6.92 Å². The van der Waals surface area contributed by atoms with Crippen LogP contribution in [0.25, 0.3) is 0 Å². The monoisotopic (exact) mass is 149 g/mol. The van der Waals surface area contributed by atoms with Gasteiger partial charge in [-0.25, -0.2) is 4.79 Å². The third kappa shape index (κ3) is 1.58. The fourth-order valence-electron chi connectivity index (χ4n) is 0.605. The number of hydrogen-bond acceptors (Lipinski definition) is 2. The summed E-state index contributed by atoms with van der Waals surface area (Å²) in [5.41, 5.74) is 0.215. The van der Waals surface area contributed by atoms with Crippen LogP contribution in [-0.2, 0) is 4.79 Å². The van der Waals surface area contributed by atoms with Crippen molar-refractivity contribution in [3.8, 4) is 11.8 Å². The van der Waals surface area contributed by atoms with E-state index in [1.165, 1.54) is 6.20 Å². The molecule has 0 bridgehead atoms. The van der Waals surface area contributed by atoms with Gasteiger partial charge in [0.25, 0.3) is 5.91 Å². The Balaban J connectivity index is 2.86. The summed E-state index contributed by atoms with van der Waals surface area (Å²) in [5.74, 6) is 4.46. The number of rotatable bonds is 0. The molecule has 1 N–H and O–H groups in total. The van der Waals surface area contributed by atoms with E-state index >= 15 is 0 Å². The van der Waals surface area contributed by atoms with E-state index in [0.29, 0.717) is 0 Å². The zero-order valence-corrected chi connectivity index (χ0v) is 5.84. The van der Waals surface area contributed by atoms with Gasteiger partial charge in [-0.2, -0.15) is 5.32 Å². The number of hydrogen-bond donors (Lipinski definition) is 1. The number of urea groups is 1. The predicted molar refractivity (Wildman–Crippen MR) is 37.2 cm³/mol. The van der Waals surface area contributed by atoms with Crippen molar-refractivity contribution in [1.29, 1.82) is 0 Å². The molecule has 0 aromatic heterocycles. The van der Waals surface area contributed by atoms with Crippen molar-refractivity contribution in [1.82, 2.24) is 10.6 Å². The first kappa shape index (κ1) is 7.35. The average Bonchev–Trinajstić information content (AvgIpc) is 1.95. The number of imide groups is 1. The molecule has 0 aromatic rings. The van der Waals surface area contributed by atoms with Crippen LogP contribution in [0.15, 0.2) is 11.8 Å². The van der Waals surface area contributed by atoms with Crippen LogP contribution in [-0.4, -0.2) is 11.9 Å². The molecule has 0 unspecified atom stereocenters. The molecule has 3 amide bonds. The van der Waals surface area contributed by atoms with Gasteiger partial charge < -0.3 is 5.32 Å². The summed E-state index contributed by atoms with van der Waals surface area (Å²) < 4.78 is 0. The highest BCUT2D eigenvalue weighted by Crippen LogP contribution is 1.96. The highest BCUT2D eigenvalue weighted by atomic mass is 16.2. The standard InChI is InChI=1S/C7H5N2O2/c1-2-3-5-4-8-7(11)9-6(5)10/h4H,1H3,(H,8,11). The van der Waals surface area contributed by atoms with Crippen molar-refractivity contribution < 1.29 is 9.59 Å². The van der Waals surface area contributed by atoms with Crippen molar-refractivity contribution in [2.45, 2.75) is 6.92 Å². The second-order valence-electron chi connectivity index (χ2n) is 1.80. The molecule has 0 aromatic carbocycles. The van der Waals surface area contributed by atoms with E-state index in [4.69, 9.17) is 0 Å². The van der Waals surface area contributed by atoms with Crippen molar-refractivity contribution in [2.75, 3.05) is 0 Å². The van der Waals surface area contributed by atoms with E-state index < -0.39 is 11.9 Å². The highest BCUT2D eigenvalue weighted by molar-refractivity contribution is 6.08. The number of carbonyl (C=O) groups is 2. The molecular formula is C7H5N2O2. The average molecular weight is 149 g/mol. The first-order chi connectivity index (χ1) is 5.24. The predicted octanol–water partition coefficient (Wildman–Crippen LogP) is -0.252. The van der Waals surface area contributed by atoms with Gasteiger partial charge in [-0.3, -0.25) is 4.79 Å². The van der Waals surface area contributed by atoms with Gasteiger partial charge in [0.2, 0.25) is 0 Å². The molecule has 0 spiro atoms. The summed E-state index contributed by atoms with van der Waals surface area (Å²) in [7, 11) is 0. The Kier molecular flexibility index (Phi) is 1.93. The third-order valence-corrected chi connectivity index (χ3v) is 1.03. The van der Waals surface area contributed by atoms with E-state index in [2.05, 4.69) is 22.5 Å². The second kappa shape index (κ2) is 2.88. The third-order valence-electron chi connectivity index (χ3n) is 1.03. The Morgan fingerprint density at radius 2 is 2.27 bits per heavy atom. The van der Waals surface area contributed by atoms with Gasteiger partial charge in [-0.05, 0) is 6.92 Å². The minimum Gasteiger partial charge on any atom is -0.311 e. The lowest BCUT2D eigenvalue weighted by atomic mass is 10.2. The first-order valence-electron chi connectivity index (χ1n) is 2.93. The number of carbonyl (C=O) groups excluding carboxylic acids is 2. The summed E-state index contributed by atoms with van der Waals surface area (Å²) in [6.45, 7) is 1.60. The maximum absolute atomic E-state index is 10.8. The number of nitrogens with one attached hydrogen (secondary N) is 1. The molecule has 0 fully saturated rings. The van der Waals surface area contributed by atoms with Gasteiger partial charge in [-0.1, -0.05) is 5.92 Å². The summed E-state index contributed by atoms with van der Waals surface area (Å²) in [5, 5.41) is 5.38. The van der Waals surface area contributed by atoms with Crippen molar-refractivity contribution in [3.05, 3.63) is 11.8 Å². The molecule has 0 saturated carbocycles. The summed E-state index contributed by atoms with van der Waals surface area (Å²) in [6, 6.07) is -0.642. The van der Waals surface area contributed by atoms with Crippen molar-refractivity contribution in [2.24, 2.45) is 0 Å². The Morgan fingerprint density at radius 3 is 2.82 bits per heavy atom. The van der Waals surface area contributed by atoms with Crippen LogP contribution >= 0.6 is 0 Å². The molecule has 1 rings (SSSR count). The molecule has 1 aliphatic heterocycles. The van der Waals surface area contributed by atoms with E-state index in [1.807, 2.05) is 0 Å². The van der Waals surface area contributed by atoms with Crippen molar-refractivity contribution >= 4 is 11.9 Å². The lowest BCUT2D eigenvalue weighted by Gasteiger charge is -2.05. The molecule has 0 saturated heterocycles. The molecule has 0 atom stereocenters. The van der Waals surface area contributed by atoms with Crippen LogP contribution in [0.4, 0.5) is 4.79 Å². The lowest BCUT2D eigenvalue weighted by Crippen LogP contribution is -2.36. The Hall–Kier alpha value is -1.76. The van der Waals surface area contributed by atoms with E-state index in [0.717, 1.165) is 0 Å². The first-order valence-corrected chi connectivity index (χ1v) is 2.93. The van der Waals surface area contributed by atoms with Crippen LogP contribution in [0.3, 0.4) is 0 Å². The molecule has 0 aliphatic carbocycles. The fraction of sp³-hybridized carbons (Fsp3) is 0.143. The zero-order valence-electron chi connectivity index (χ0n) is 5.84. The number of amides is 3. The van der Waals surface area contributed by atoms with Gasteiger partial charge in [0, 0.05) is 6.20 Å². The minimum absolute atomic E-state index is 0.215. The highest BCUT2D eigenvalue weighted by Gasteiger charge is 2.18. The smallest absolute Gasteiger partial charge is 0.311 e. The molecular weight excluding hydrogens is 144 g/mol. The second-order valence-corrected chi connectivity index (χ2v) is 1.80. The fourth-order valence-corrected chi connectivity index (χ4v) is 0.605. The molecule has 4 nitrogen and oxygen atoms in total. The van der Waals surface area contributed by atoms with E-state index in [9.17, 15) is 9.59 Å². The quantitative estimate of drug-likeness (QED) is 0.482. The normalized spacial score (nSPS) is 15.5. The Morgan fingerprint density at radius 1 is 1.55 bits per heavy atom. The van der Waals surface area contributed by atoms with E-state index in [1.54, 1.807) is 6.92 Å². The summed E-state index contributed by atoms with van der Waals surface area (Å²) >= 11 is 0. The summed E-state index contributed by atoms with van der Waals surface area (Å²) in [6.07, 6.45) is 1.26. The van der Waals surface area contributed by atoms with Crippen LogP contribution in [0.5, 0.6) is 0 Å². The molecule has 11 heavy (non-hydrogen) atoms. The van der Waals surface area contributed by atoms with Crippen LogP contribution < -0.4 is 10.6 Å². The Labute approximate surface area is 63.7 Å². The molecule has 4 heteroatoms. The van der Waals surface area contributed by atoms with Gasteiger partial charge in [0.05, 0.1) is 0 Å².